The summed E-state index contributed by atoms with van der Waals surface area (Å²) in [5.41, 5.74) is 7.21. The molecule has 3 N–H and O–H groups in total. The van der Waals surface area contributed by atoms with Crippen LogP contribution in [0.25, 0.3) is 0 Å². The third-order valence-corrected chi connectivity index (χ3v) is 4.21. The molecule has 2 unspecified atom stereocenters. The number of hydrogen-bond donors (Lipinski definition) is 2. The van der Waals surface area contributed by atoms with Gasteiger partial charge < -0.3 is 11.1 Å². The molecule has 0 heterocycles. The van der Waals surface area contributed by atoms with E-state index in [0.29, 0.717) is 5.69 Å². The summed E-state index contributed by atoms with van der Waals surface area (Å²) in [6.07, 6.45) is 1.04. The van der Waals surface area contributed by atoms with Crippen molar-refractivity contribution in [2.75, 3.05) is 11.6 Å². The Balaban J connectivity index is 2.77. The molecule has 1 aromatic rings. The van der Waals surface area contributed by atoms with Crippen LogP contribution in [-0.2, 0) is 14.6 Å². The summed E-state index contributed by atoms with van der Waals surface area (Å²) in [4.78, 5) is 11.7. The molecule has 0 aliphatic rings. The van der Waals surface area contributed by atoms with E-state index in [4.69, 9.17) is 5.73 Å². The maximum Gasteiger partial charge on any atom is 0.242 e. The summed E-state index contributed by atoms with van der Waals surface area (Å²) in [5, 5.41) is 1.49. The maximum atomic E-state index is 11.7. The highest BCUT2D eigenvalue weighted by molar-refractivity contribution is 7.92. The highest BCUT2D eigenvalue weighted by Crippen LogP contribution is 2.14. The van der Waals surface area contributed by atoms with Crippen LogP contribution in [0.15, 0.2) is 24.3 Å². The summed E-state index contributed by atoms with van der Waals surface area (Å²) < 4.78 is 22.5. The van der Waals surface area contributed by atoms with E-state index in [1.54, 1.807) is 24.3 Å². The lowest BCUT2D eigenvalue weighted by Crippen LogP contribution is -2.31. The standard InChI is InChI=1S/C12H18N2O3S/c1-8(13)10-4-6-11(7-5-10)14-12(15)9(2)18(3,16)17/h4-9H,13H2,1-3H3,(H,14,15). The van der Waals surface area contributed by atoms with Crippen LogP contribution in [0, 0.1) is 0 Å². The third-order valence-electron chi connectivity index (χ3n) is 2.72. The second-order valence-electron chi connectivity index (χ2n) is 4.37. The third kappa shape index (κ3) is 3.82. The topological polar surface area (TPSA) is 89.3 Å². The molecule has 5 nitrogen and oxygen atoms in total. The molecule has 0 aliphatic carbocycles. The van der Waals surface area contributed by atoms with Crippen LogP contribution in [0.4, 0.5) is 5.69 Å². The smallest absolute Gasteiger partial charge is 0.242 e. The van der Waals surface area contributed by atoms with Gasteiger partial charge in [0.15, 0.2) is 9.84 Å². The van der Waals surface area contributed by atoms with E-state index >= 15 is 0 Å². The molecule has 0 aromatic heterocycles. The number of hydrogen-bond acceptors (Lipinski definition) is 4. The van der Waals surface area contributed by atoms with E-state index in [2.05, 4.69) is 5.32 Å². The Morgan fingerprint density at radius 3 is 2.11 bits per heavy atom. The van der Waals surface area contributed by atoms with E-state index in [9.17, 15) is 13.2 Å². The van der Waals surface area contributed by atoms with Gasteiger partial charge in [0.05, 0.1) is 0 Å². The number of amides is 1. The van der Waals surface area contributed by atoms with Gasteiger partial charge in [-0.25, -0.2) is 8.42 Å². The highest BCUT2D eigenvalue weighted by atomic mass is 32.2. The number of sulfone groups is 1. The number of benzene rings is 1. The molecule has 100 valence electrons. The fourth-order valence-electron chi connectivity index (χ4n) is 1.31. The molecule has 1 rings (SSSR count). The second-order valence-corrected chi connectivity index (χ2v) is 6.74. The van der Waals surface area contributed by atoms with Crippen LogP contribution < -0.4 is 11.1 Å². The number of nitrogens with one attached hydrogen (secondary N) is 1. The monoisotopic (exact) mass is 270 g/mol. The van der Waals surface area contributed by atoms with Crippen molar-refractivity contribution in [2.45, 2.75) is 25.1 Å². The van der Waals surface area contributed by atoms with Crippen molar-refractivity contribution in [2.24, 2.45) is 5.73 Å². The first-order chi connectivity index (χ1) is 8.21. The van der Waals surface area contributed by atoms with E-state index in [1.165, 1.54) is 6.92 Å². The quantitative estimate of drug-likeness (QED) is 0.856. The Morgan fingerprint density at radius 2 is 1.72 bits per heavy atom. The SMILES string of the molecule is CC(N)c1ccc(NC(=O)C(C)S(C)(=O)=O)cc1. The van der Waals surface area contributed by atoms with Gasteiger partial charge >= 0.3 is 0 Å². The summed E-state index contributed by atoms with van der Waals surface area (Å²) in [7, 11) is -3.38. The Morgan fingerprint density at radius 1 is 1.22 bits per heavy atom. The molecule has 0 bridgehead atoms. The van der Waals surface area contributed by atoms with Gasteiger partial charge in [-0.1, -0.05) is 12.1 Å². The van der Waals surface area contributed by atoms with Crippen molar-refractivity contribution in [1.82, 2.24) is 0 Å². The van der Waals surface area contributed by atoms with Gasteiger partial charge in [0.25, 0.3) is 0 Å². The molecule has 18 heavy (non-hydrogen) atoms. The fourth-order valence-corrected chi connectivity index (χ4v) is 1.76. The van der Waals surface area contributed by atoms with Crippen molar-refractivity contribution in [3.63, 3.8) is 0 Å². The summed E-state index contributed by atoms with van der Waals surface area (Å²) in [5.74, 6) is -0.536. The lowest BCUT2D eigenvalue weighted by Gasteiger charge is -2.11. The minimum absolute atomic E-state index is 0.0790. The lowest BCUT2D eigenvalue weighted by molar-refractivity contribution is -0.115. The van der Waals surface area contributed by atoms with E-state index in [1.807, 2.05) is 6.92 Å². The largest absolute Gasteiger partial charge is 0.325 e. The molecular weight excluding hydrogens is 252 g/mol. The minimum Gasteiger partial charge on any atom is -0.325 e. The highest BCUT2D eigenvalue weighted by Gasteiger charge is 2.23. The van der Waals surface area contributed by atoms with E-state index < -0.39 is 21.0 Å². The van der Waals surface area contributed by atoms with Crippen LogP contribution in [0.3, 0.4) is 0 Å². The summed E-state index contributed by atoms with van der Waals surface area (Å²) in [6.45, 7) is 3.22. The van der Waals surface area contributed by atoms with Gasteiger partial charge in [0.1, 0.15) is 5.25 Å². The van der Waals surface area contributed by atoms with Crippen molar-refractivity contribution in [3.8, 4) is 0 Å². The van der Waals surface area contributed by atoms with Crippen molar-refractivity contribution in [3.05, 3.63) is 29.8 Å². The summed E-state index contributed by atoms with van der Waals surface area (Å²) in [6, 6.07) is 6.92. The Bertz CT molecular complexity index is 521. The van der Waals surface area contributed by atoms with Crippen LogP contribution in [0.1, 0.15) is 25.5 Å². The first-order valence-corrected chi connectivity index (χ1v) is 7.52. The molecule has 2 atom stereocenters. The molecule has 0 saturated heterocycles. The van der Waals surface area contributed by atoms with Crippen LogP contribution in [0.5, 0.6) is 0 Å². The van der Waals surface area contributed by atoms with E-state index in [0.717, 1.165) is 11.8 Å². The van der Waals surface area contributed by atoms with Crippen molar-refractivity contribution < 1.29 is 13.2 Å². The average molecular weight is 270 g/mol. The molecule has 6 heteroatoms. The molecule has 0 spiro atoms. The number of anilines is 1. The Hall–Kier alpha value is -1.40. The zero-order valence-electron chi connectivity index (χ0n) is 10.7. The van der Waals surface area contributed by atoms with Gasteiger partial charge in [-0.15, -0.1) is 0 Å². The first kappa shape index (κ1) is 14.7. The summed E-state index contributed by atoms with van der Waals surface area (Å²) >= 11 is 0. The number of carbonyl (C=O) groups excluding carboxylic acids is 1. The zero-order valence-corrected chi connectivity index (χ0v) is 11.5. The normalized spacial score (nSPS) is 14.9. The minimum atomic E-state index is -3.38. The predicted octanol–water partition coefficient (Wildman–Crippen LogP) is 1.08. The van der Waals surface area contributed by atoms with Crippen molar-refractivity contribution >= 4 is 21.4 Å². The predicted molar refractivity (Wildman–Crippen MR) is 72.0 cm³/mol. The number of nitrogens with two attached hydrogens (primary N) is 1. The van der Waals surface area contributed by atoms with Gasteiger partial charge in [0.2, 0.25) is 5.91 Å². The van der Waals surface area contributed by atoms with Gasteiger partial charge in [-0.3, -0.25) is 4.79 Å². The molecular formula is C12H18N2O3S. The first-order valence-electron chi connectivity index (χ1n) is 5.57. The second kappa shape index (κ2) is 5.49. The maximum absolute atomic E-state index is 11.7. The average Bonchev–Trinajstić information content (AvgIpc) is 2.27. The molecule has 0 fully saturated rings. The molecule has 0 aliphatic heterocycles. The van der Waals surface area contributed by atoms with Crippen LogP contribution >= 0.6 is 0 Å². The fraction of sp³-hybridized carbons (Fsp3) is 0.417. The molecule has 1 amide bonds. The number of carbonyl (C=O) groups is 1. The van der Waals surface area contributed by atoms with Crippen molar-refractivity contribution in [1.29, 1.82) is 0 Å². The van der Waals surface area contributed by atoms with Gasteiger partial charge in [0, 0.05) is 18.0 Å². The van der Waals surface area contributed by atoms with Gasteiger partial charge in [-0.2, -0.15) is 0 Å². The zero-order chi connectivity index (χ0) is 13.9. The van der Waals surface area contributed by atoms with Crippen LogP contribution in [0.2, 0.25) is 0 Å². The number of rotatable bonds is 4. The van der Waals surface area contributed by atoms with Crippen LogP contribution in [-0.4, -0.2) is 25.8 Å². The molecule has 0 saturated carbocycles. The molecule has 0 radical (unpaired) electrons. The lowest BCUT2D eigenvalue weighted by atomic mass is 10.1. The van der Waals surface area contributed by atoms with Gasteiger partial charge in [-0.05, 0) is 31.5 Å². The Labute approximate surface area is 107 Å². The Kier molecular flexibility index (Phi) is 4.48. The van der Waals surface area contributed by atoms with E-state index in [-0.39, 0.29) is 6.04 Å². The molecule has 1 aromatic carbocycles.